The summed E-state index contributed by atoms with van der Waals surface area (Å²) >= 11 is 0. The van der Waals surface area contributed by atoms with Gasteiger partial charge in [-0.1, -0.05) is 12.1 Å². The second-order valence-corrected chi connectivity index (χ2v) is 7.22. The second kappa shape index (κ2) is 8.77. The van der Waals surface area contributed by atoms with Crippen LogP contribution in [0.25, 0.3) is 6.08 Å². The zero-order valence-electron chi connectivity index (χ0n) is 17.1. The van der Waals surface area contributed by atoms with Crippen molar-refractivity contribution in [1.82, 2.24) is 4.90 Å². The van der Waals surface area contributed by atoms with Gasteiger partial charge < -0.3 is 24.1 Å². The molecule has 2 aromatic carbocycles. The number of carbonyl (C=O) groups is 1. The molecule has 0 saturated carbocycles. The maximum Gasteiger partial charge on any atom is 0.196 e. The Balaban J connectivity index is 1.66. The average molecular weight is 411 g/mol. The Bertz CT molecular complexity index is 978. The summed E-state index contributed by atoms with van der Waals surface area (Å²) in [5.74, 6) is 1.54. The third-order valence-corrected chi connectivity index (χ3v) is 5.41. The van der Waals surface area contributed by atoms with Crippen molar-refractivity contribution in [2.45, 2.75) is 6.54 Å². The summed E-state index contributed by atoms with van der Waals surface area (Å²) in [7, 11) is 3.07. The van der Waals surface area contributed by atoms with Gasteiger partial charge in [0.1, 0.15) is 18.1 Å². The summed E-state index contributed by atoms with van der Waals surface area (Å²) in [6, 6.07) is 8.66. The van der Waals surface area contributed by atoms with E-state index in [0.29, 0.717) is 48.1 Å². The molecule has 30 heavy (non-hydrogen) atoms. The molecule has 7 heteroatoms. The van der Waals surface area contributed by atoms with Crippen molar-refractivity contribution < 1.29 is 28.8 Å². The van der Waals surface area contributed by atoms with E-state index in [1.54, 1.807) is 30.3 Å². The Morgan fingerprint density at radius 2 is 1.87 bits per heavy atom. The lowest BCUT2D eigenvalue weighted by Gasteiger charge is -2.27. The molecule has 0 radical (unpaired) electrons. The minimum atomic E-state index is -0.127. The van der Waals surface area contributed by atoms with Gasteiger partial charge in [-0.2, -0.15) is 0 Å². The molecule has 0 bridgehead atoms. The summed E-state index contributed by atoms with van der Waals surface area (Å²) in [6.45, 7) is 3.71. The van der Waals surface area contributed by atoms with Crippen LogP contribution < -0.4 is 14.2 Å². The number of hydrogen-bond donors (Lipinski definition) is 1. The number of carbonyl (C=O) groups excluding carboxylic acids is 1. The second-order valence-electron chi connectivity index (χ2n) is 7.22. The van der Waals surface area contributed by atoms with Crippen LogP contribution in [0.1, 0.15) is 21.5 Å². The van der Waals surface area contributed by atoms with E-state index in [2.05, 4.69) is 4.90 Å². The summed E-state index contributed by atoms with van der Waals surface area (Å²) in [4.78, 5) is 15.4. The topological polar surface area (TPSA) is 77.5 Å². The van der Waals surface area contributed by atoms with Gasteiger partial charge in [-0.05, 0) is 23.8 Å². The van der Waals surface area contributed by atoms with Crippen LogP contribution in [0.15, 0.2) is 35.9 Å². The molecule has 0 unspecified atom stereocenters. The predicted molar refractivity (Wildman–Crippen MR) is 112 cm³/mol. The lowest BCUT2D eigenvalue weighted by molar-refractivity contribution is 0.0338. The van der Waals surface area contributed by atoms with Crippen molar-refractivity contribution in [3.63, 3.8) is 0 Å². The van der Waals surface area contributed by atoms with Crippen molar-refractivity contribution in [1.29, 1.82) is 0 Å². The molecule has 2 aromatic rings. The highest BCUT2D eigenvalue weighted by atomic mass is 16.5. The molecular weight excluding hydrogens is 386 g/mol. The van der Waals surface area contributed by atoms with Crippen molar-refractivity contribution in [2.24, 2.45) is 0 Å². The van der Waals surface area contributed by atoms with Gasteiger partial charge in [0.2, 0.25) is 0 Å². The predicted octanol–water partition coefficient (Wildman–Crippen LogP) is 2.90. The molecule has 0 aliphatic carbocycles. The van der Waals surface area contributed by atoms with Crippen LogP contribution >= 0.6 is 0 Å². The first-order valence-electron chi connectivity index (χ1n) is 9.85. The third kappa shape index (κ3) is 3.99. The van der Waals surface area contributed by atoms with Gasteiger partial charge in [-0.15, -0.1) is 0 Å². The molecule has 0 aromatic heterocycles. The number of methoxy groups -OCH3 is 2. The van der Waals surface area contributed by atoms with E-state index in [-0.39, 0.29) is 18.1 Å². The van der Waals surface area contributed by atoms with Crippen LogP contribution in [0.5, 0.6) is 23.0 Å². The average Bonchev–Trinajstić information content (AvgIpc) is 2.78. The number of ether oxygens (including phenoxy) is 4. The summed E-state index contributed by atoms with van der Waals surface area (Å²) in [6.07, 6.45) is 1.80. The fourth-order valence-electron chi connectivity index (χ4n) is 3.73. The first-order valence-corrected chi connectivity index (χ1v) is 9.85. The number of aromatic hydroxyl groups is 1. The maximum absolute atomic E-state index is 13.1. The highest BCUT2D eigenvalue weighted by molar-refractivity contribution is 6.14. The van der Waals surface area contributed by atoms with Crippen LogP contribution in [0.2, 0.25) is 0 Å². The number of nitrogens with zero attached hydrogens (tertiary/aromatic N) is 1. The first-order chi connectivity index (χ1) is 14.6. The number of morpholine rings is 1. The number of phenolic OH excluding ortho intramolecular Hbond substituents is 1. The molecule has 2 heterocycles. The summed E-state index contributed by atoms with van der Waals surface area (Å²) in [5.41, 5.74) is 2.54. The molecule has 0 atom stereocenters. The number of ketones is 1. The van der Waals surface area contributed by atoms with Gasteiger partial charge in [0, 0.05) is 36.8 Å². The monoisotopic (exact) mass is 411 g/mol. The van der Waals surface area contributed by atoms with E-state index >= 15 is 0 Å². The van der Waals surface area contributed by atoms with Crippen LogP contribution in [0, 0.1) is 0 Å². The van der Waals surface area contributed by atoms with Gasteiger partial charge in [-0.25, -0.2) is 0 Å². The molecule has 2 aliphatic rings. The number of rotatable bonds is 5. The summed E-state index contributed by atoms with van der Waals surface area (Å²) < 4.78 is 21.8. The van der Waals surface area contributed by atoms with Gasteiger partial charge >= 0.3 is 0 Å². The molecule has 4 rings (SSSR count). The van der Waals surface area contributed by atoms with Crippen molar-refractivity contribution in [2.75, 3.05) is 47.1 Å². The molecular formula is C23H25NO6. The van der Waals surface area contributed by atoms with Crippen LogP contribution in [0.3, 0.4) is 0 Å². The Morgan fingerprint density at radius 1 is 1.13 bits per heavy atom. The van der Waals surface area contributed by atoms with Crippen molar-refractivity contribution >= 4 is 11.9 Å². The number of phenols is 1. The van der Waals surface area contributed by atoms with E-state index in [0.717, 1.165) is 24.2 Å². The van der Waals surface area contributed by atoms with E-state index in [9.17, 15) is 9.90 Å². The first kappa shape index (κ1) is 20.3. The third-order valence-electron chi connectivity index (χ3n) is 5.41. The van der Waals surface area contributed by atoms with Crippen molar-refractivity contribution in [3.05, 3.63) is 52.6 Å². The van der Waals surface area contributed by atoms with Crippen LogP contribution in [-0.4, -0.2) is 62.9 Å². The zero-order valence-corrected chi connectivity index (χ0v) is 17.1. The standard InChI is InChI=1S/C23H25NO6/c1-27-21-11-17-20(12-22(21)28-2)30-14-16(23(17)26)10-15-4-3-5-19(25)18(15)13-24-6-8-29-9-7-24/h3-5,10-12,25H,6-9,13-14H2,1-2H3/b16-10+. The van der Waals surface area contributed by atoms with Gasteiger partial charge in [0.15, 0.2) is 17.3 Å². The largest absolute Gasteiger partial charge is 0.508 e. The zero-order chi connectivity index (χ0) is 21.1. The minimum absolute atomic E-state index is 0.127. The molecule has 1 saturated heterocycles. The number of fused-ring (bicyclic) bond motifs is 1. The van der Waals surface area contributed by atoms with Crippen LogP contribution in [-0.2, 0) is 11.3 Å². The Labute approximate surface area is 175 Å². The van der Waals surface area contributed by atoms with Crippen LogP contribution in [0.4, 0.5) is 0 Å². The quantitative estimate of drug-likeness (QED) is 0.758. The van der Waals surface area contributed by atoms with E-state index in [4.69, 9.17) is 18.9 Å². The molecule has 1 N–H and O–H groups in total. The van der Waals surface area contributed by atoms with E-state index < -0.39 is 0 Å². The number of hydrogen-bond acceptors (Lipinski definition) is 7. The lowest BCUT2D eigenvalue weighted by Crippen LogP contribution is -2.35. The SMILES string of the molecule is COc1cc2c(cc1OC)C(=O)/C(=C/c1cccc(O)c1CN1CCOCC1)CO2. The number of benzene rings is 2. The normalized spacial score (nSPS) is 18.1. The fraction of sp³-hybridized carbons (Fsp3) is 0.348. The van der Waals surface area contributed by atoms with Crippen molar-refractivity contribution in [3.8, 4) is 23.0 Å². The number of Topliss-reactive ketones (excluding diaryl/α,β-unsaturated/α-hetero) is 1. The van der Waals surface area contributed by atoms with Gasteiger partial charge in [0.25, 0.3) is 0 Å². The van der Waals surface area contributed by atoms with E-state index in [1.165, 1.54) is 14.2 Å². The van der Waals surface area contributed by atoms with Gasteiger partial charge in [0.05, 0.1) is 33.0 Å². The highest BCUT2D eigenvalue weighted by Crippen LogP contribution is 2.38. The Hall–Kier alpha value is -3.03. The molecule has 0 spiro atoms. The summed E-state index contributed by atoms with van der Waals surface area (Å²) in [5, 5.41) is 10.5. The van der Waals surface area contributed by atoms with E-state index in [1.807, 2.05) is 6.07 Å². The lowest BCUT2D eigenvalue weighted by atomic mass is 9.96. The maximum atomic E-state index is 13.1. The molecule has 1 fully saturated rings. The van der Waals surface area contributed by atoms with Gasteiger partial charge in [-0.3, -0.25) is 9.69 Å². The smallest absolute Gasteiger partial charge is 0.196 e. The molecule has 7 nitrogen and oxygen atoms in total. The Morgan fingerprint density at radius 3 is 2.60 bits per heavy atom. The minimum Gasteiger partial charge on any atom is -0.508 e. The molecule has 2 aliphatic heterocycles. The Kier molecular flexibility index (Phi) is 5.92. The highest BCUT2D eigenvalue weighted by Gasteiger charge is 2.26. The molecule has 0 amide bonds. The molecule has 158 valence electrons. The fourth-order valence-corrected chi connectivity index (χ4v) is 3.73.